The molecule has 0 aromatic carbocycles. The van der Waals surface area contributed by atoms with Gasteiger partial charge in [0.1, 0.15) is 5.82 Å². The lowest BCUT2D eigenvalue weighted by Gasteiger charge is -2.34. The molecule has 1 aliphatic rings. The van der Waals surface area contributed by atoms with E-state index in [4.69, 9.17) is 16.7 Å². The summed E-state index contributed by atoms with van der Waals surface area (Å²) >= 11 is 6.04. The Bertz CT molecular complexity index is 410. The van der Waals surface area contributed by atoms with Crippen LogP contribution in [0.1, 0.15) is 12.8 Å². The Morgan fingerprint density at radius 3 is 2.52 bits per heavy atom. The number of aliphatic hydroxyl groups excluding tert-OH is 1. The lowest BCUT2D eigenvalue weighted by atomic mass is 10.2. The number of rotatable bonds is 8. The number of nitrogens with one attached hydrogen (secondary N) is 1. The number of halogens is 1. The number of aliphatic hydroxyl groups is 1. The molecule has 1 aromatic rings. The first-order chi connectivity index (χ1) is 10.3. The molecular weight excluding hydrogens is 288 g/mol. The van der Waals surface area contributed by atoms with E-state index >= 15 is 0 Å². The Kier molecular flexibility index (Phi) is 7.23. The number of piperazine rings is 1. The second-order valence-electron chi connectivity index (χ2n) is 5.37. The maximum absolute atomic E-state index is 8.92. The van der Waals surface area contributed by atoms with Crippen molar-refractivity contribution < 1.29 is 5.11 Å². The molecule has 118 valence electrons. The van der Waals surface area contributed by atoms with Crippen molar-refractivity contribution in [3.8, 4) is 0 Å². The molecule has 6 heteroatoms. The first kappa shape index (κ1) is 16.5. The monoisotopic (exact) mass is 312 g/mol. The first-order valence-electron chi connectivity index (χ1n) is 7.69. The average molecular weight is 313 g/mol. The zero-order chi connectivity index (χ0) is 14.9. The van der Waals surface area contributed by atoms with Gasteiger partial charge in [0.15, 0.2) is 0 Å². The normalized spacial score (nSPS) is 17.0. The van der Waals surface area contributed by atoms with Crippen LogP contribution in [0, 0.1) is 0 Å². The third-order valence-electron chi connectivity index (χ3n) is 3.83. The number of hydrogen-bond acceptors (Lipinski definition) is 5. The number of aromatic nitrogens is 1. The maximum Gasteiger partial charge on any atom is 0.144 e. The van der Waals surface area contributed by atoms with Crippen molar-refractivity contribution in [2.45, 2.75) is 12.8 Å². The summed E-state index contributed by atoms with van der Waals surface area (Å²) in [6.45, 7) is 7.49. The second kappa shape index (κ2) is 9.20. The summed E-state index contributed by atoms with van der Waals surface area (Å²) in [6, 6.07) is 3.69. The third-order valence-corrected chi connectivity index (χ3v) is 4.14. The summed E-state index contributed by atoms with van der Waals surface area (Å²) in [7, 11) is 0. The molecule has 2 rings (SSSR count). The number of pyridine rings is 1. The summed E-state index contributed by atoms with van der Waals surface area (Å²) in [5.41, 5.74) is 0. The van der Waals surface area contributed by atoms with Gasteiger partial charge in [-0.15, -0.1) is 0 Å². The summed E-state index contributed by atoms with van der Waals surface area (Å²) in [5, 5.41) is 12.9. The van der Waals surface area contributed by atoms with Gasteiger partial charge in [0.25, 0.3) is 0 Å². The highest BCUT2D eigenvalue weighted by molar-refractivity contribution is 6.32. The third kappa shape index (κ3) is 5.79. The fraction of sp³-hybridized carbons (Fsp3) is 0.667. The van der Waals surface area contributed by atoms with Gasteiger partial charge >= 0.3 is 0 Å². The standard InChI is InChI=1S/C15H25ClN4O/c16-14-4-3-6-18-15(14)17-5-1-2-7-19-8-10-20(11-9-19)12-13-21/h3-4,6,21H,1-2,5,7-13H2,(H,17,18). The summed E-state index contributed by atoms with van der Waals surface area (Å²) < 4.78 is 0. The van der Waals surface area contributed by atoms with Gasteiger partial charge in [-0.1, -0.05) is 11.6 Å². The SMILES string of the molecule is OCCN1CCN(CCCCNc2ncccc2Cl)CC1. The minimum atomic E-state index is 0.266. The van der Waals surface area contributed by atoms with E-state index in [1.54, 1.807) is 6.20 Å². The van der Waals surface area contributed by atoms with E-state index in [0.717, 1.165) is 58.1 Å². The van der Waals surface area contributed by atoms with Crippen LogP contribution in [0.2, 0.25) is 5.02 Å². The molecule has 1 aromatic heterocycles. The molecule has 0 aliphatic carbocycles. The molecule has 0 saturated carbocycles. The minimum absolute atomic E-state index is 0.266. The zero-order valence-electron chi connectivity index (χ0n) is 12.5. The van der Waals surface area contributed by atoms with Gasteiger partial charge in [0.05, 0.1) is 11.6 Å². The number of anilines is 1. The zero-order valence-corrected chi connectivity index (χ0v) is 13.2. The van der Waals surface area contributed by atoms with E-state index < -0.39 is 0 Å². The highest BCUT2D eigenvalue weighted by Gasteiger charge is 2.15. The molecule has 0 atom stereocenters. The van der Waals surface area contributed by atoms with Gasteiger partial charge in [-0.2, -0.15) is 0 Å². The van der Waals surface area contributed by atoms with Crippen LogP contribution < -0.4 is 5.32 Å². The topological polar surface area (TPSA) is 51.6 Å². The van der Waals surface area contributed by atoms with Crippen molar-refractivity contribution in [1.82, 2.24) is 14.8 Å². The molecule has 0 bridgehead atoms. The van der Waals surface area contributed by atoms with Crippen molar-refractivity contribution in [1.29, 1.82) is 0 Å². The molecule has 0 unspecified atom stereocenters. The molecule has 0 radical (unpaired) electrons. The van der Waals surface area contributed by atoms with Crippen LogP contribution in [-0.4, -0.2) is 72.3 Å². The predicted octanol–water partition coefficient (Wildman–Crippen LogP) is 1.54. The lowest BCUT2D eigenvalue weighted by Crippen LogP contribution is -2.47. The van der Waals surface area contributed by atoms with Crippen LogP contribution in [0.3, 0.4) is 0 Å². The highest BCUT2D eigenvalue weighted by atomic mass is 35.5. The van der Waals surface area contributed by atoms with E-state index in [-0.39, 0.29) is 6.61 Å². The Labute approximate surface area is 131 Å². The van der Waals surface area contributed by atoms with Gasteiger partial charge < -0.3 is 15.3 Å². The number of nitrogens with zero attached hydrogens (tertiary/aromatic N) is 3. The van der Waals surface area contributed by atoms with Crippen LogP contribution in [0.15, 0.2) is 18.3 Å². The minimum Gasteiger partial charge on any atom is -0.395 e. The van der Waals surface area contributed by atoms with Crippen molar-refractivity contribution in [2.24, 2.45) is 0 Å². The smallest absolute Gasteiger partial charge is 0.144 e. The largest absolute Gasteiger partial charge is 0.395 e. The van der Waals surface area contributed by atoms with Crippen molar-refractivity contribution in [3.05, 3.63) is 23.4 Å². The fourth-order valence-corrected chi connectivity index (χ4v) is 2.75. The molecule has 5 nitrogen and oxygen atoms in total. The lowest BCUT2D eigenvalue weighted by molar-refractivity contribution is 0.112. The van der Waals surface area contributed by atoms with Crippen LogP contribution in [-0.2, 0) is 0 Å². The molecule has 21 heavy (non-hydrogen) atoms. The Morgan fingerprint density at radius 2 is 1.86 bits per heavy atom. The summed E-state index contributed by atoms with van der Waals surface area (Å²) in [6.07, 6.45) is 4.04. The van der Waals surface area contributed by atoms with Gasteiger partial charge in [-0.3, -0.25) is 4.90 Å². The first-order valence-corrected chi connectivity index (χ1v) is 8.07. The quantitative estimate of drug-likeness (QED) is 0.713. The molecule has 1 fully saturated rings. The van der Waals surface area contributed by atoms with E-state index in [2.05, 4.69) is 20.1 Å². The Balaban J connectivity index is 1.54. The van der Waals surface area contributed by atoms with Gasteiger partial charge in [0.2, 0.25) is 0 Å². The maximum atomic E-state index is 8.92. The van der Waals surface area contributed by atoms with Crippen LogP contribution in [0.5, 0.6) is 0 Å². The molecule has 1 saturated heterocycles. The van der Waals surface area contributed by atoms with Crippen LogP contribution in [0.25, 0.3) is 0 Å². The highest BCUT2D eigenvalue weighted by Crippen LogP contribution is 2.17. The summed E-state index contributed by atoms with van der Waals surface area (Å²) in [4.78, 5) is 9.03. The van der Waals surface area contributed by atoms with Crippen LogP contribution in [0.4, 0.5) is 5.82 Å². The molecular formula is C15H25ClN4O. The second-order valence-corrected chi connectivity index (χ2v) is 5.78. The number of unbranched alkanes of at least 4 members (excludes halogenated alkanes) is 1. The van der Waals surface area contributed by atoms with Crippen molar-refractivity contribution >= 4 is 17.4 Å². The molecule has 2 heterocycles. The van der Waals surface area contributed by atoms with E-state index in [1.165, 1.54) is 6.42 Å². The molecule has 0 amide bonds. The fourth-order valence-electron chi connectivity index (χ4n) is 2.56. The van der Waals surface area contributed by atoms with Gasteiger partial charge in [-0.05, 0) is 31.5 Å². The number of hydrogen-bond donors (Lipinski definition) is 2. The van der Waals surface area contributed by atoms with E-state index in [9.17, 15) is 0 Å². The molecule has 1 aliphatic heterocycles. The number of β-amino-alcohol motifs (C(OH)–C–C–N with tert-alkyl or cyclic N) is 1. The summed E-state index contributed by atoms with van der Waals surface area (Å²) in [5.74, 6) is 0.775. The van der Waals surface area contributed by atoms with Crippen LogP contribution >= 0.6 is 11.6 Å². The predicted molar refractivity (Wildman–Crippen MR) is 86.9 cm³/mol. The van der Waals surface area contributed by atoms with E-state index in [0.29, 0.717) is 5.02 Å². The van der Waals surface area contributed by atoms with Gasteiger partial charge in [0, 0.05) is 45.5 Å². The average Bonchev–Trinajstić information content (AvgIpc) is 2.51. The van der Waals surface area contributed by atoms with Crippen molar-refractivity contribution in [3.63, 3.8) is 0 Å². The van der Waals surface area contributed by atoms with E-state index in [1.807, 2.05) is 12.1 Å². The molecule has 0 spiro atoms. The van der Waals surface area contributed by atoms with Gasteiger partial charge in [-0.25, -0.2) is 4.98 Å². The Morgan fingerprint density at radius 1 is 1.14 bits per heavy atom. The Hall–Kier alpha value is -0.880. The molecule has 2 N–H and O–H groups in total. The van der Waals surface area contributed by atoms with Crippen molar-refractivity contribution in [2.75, 3.05) is 57.7 Å².